The fraction of sp³-hybridized carbons (Fsp3) is 0.294. The fourth-order valence-electron chi connectivity index (χ4n) is 2.80. The summed E-state index contributed by atoms with van der Waals surface area (Å²) in [7, 11) is 0. The Bertz CT molecular complexity index is 816. The highest BCUT2D eigenvalue weighted by molar-refractivity contribution is 5.95. The molecule has 2 aromatic heterocycles. The molecule has 1 fully saturated rings. The number of aromatic nitrogens is 2. The van der Waals surface area contributed by atoms with Crippen molar-refractivity contribution in [2.24, 2.45) is 0 Å². The van der Waals surface area contributed by atoms with Gasteiger partial charge in [-0.3, -0.25) is 0 Å². The molecule has 23 heavy (non-hydrogen) atoms. The number of esters is 1. The predicted molar refractivity (Wildman–Crippen MR) is 82.2 cm³/mol. The van der Waals surface area contributed by atoms with Gasteiger partial charge < -0.3 is 13.9 Å². The monoisotopic (exact) mass is 312 g/mol. The molecule has 0 spiro atoms. The summed E-state index contributed by atoms with van der Waals surface area (Å²) < 4.78 is 17.8. The quantitative estimate of drug-likeness (QED) is 0.692. The van der Waals surface area contributed by atoms with Crippen molar-refractivity contribution in [2.45, 2.75) is 25.5 Å². The van der Waals surface area contributed by atoms with Crippen molar-refractivity contribution in [2.75, 3.05) is 6.61 Å². The largest absolute Gasteiger partial charge is 0.434 e. The average Bonchev–Trinajstić information content (AvgIpc) is 3.24. The summed E-state index contributed by atoms with van der Waals surface area (Å²) in [6.45, 7) is 0.763. The van der Waals surface area contributed by atoms with Gasteiger partial charge in [-0.15, -0.1) is 0 Å². The Kier molecular flexibility index (Phi) is 3.59. The summed E-state index contributed by atoms with van der Waals surface area (Å²) in [4.78, 5) is 12.1. The molecule has 118 valence electrons. The molecule has 1 aromatic carbocycles. The number of ether oxygens (including phenoxy) is 2. The van der Waals surface area contributed by atoms with Crippen molar-refractivity contribution in [3.8, 4) is 5.95 Å². The van der Waals surface area contributed by atoms with Gasteiger partial charge in [0.05, 0.1) is 23.5 Å². The molecule has 0 N–H and O–H groups in total. The van der Waals surface area contributed by atoms with Gasteiger partial charge in [0.25, 0.3) is 5.95 Å². The number of hydrogen-bond acceptors (Lipinski definition) is 5. The van der Waals surface area contributed by atoms with Crippen LogP contribution in [0.25, 0.3) is 10.9 Å². The number of nitrogens with zero attached hydrogens (tertiary/aromatic N) is 2. The first-order chi connectivity index (χ1) is 11.3. The molecule has 0 bridgehead atoms. The van der Waals surface area contributed by atoms with Crippen LogP contribution in [0.1, 0.15) is 35.8 Å². The van der Waals surface area contributed by atoms with E-state index in [9.17, 15) is 4.79 Å². The van der Waals surface area contributed by atoms with Crippen molar-refractivity contribution in [3.63, 3.8) is 0 Å². The number of hydrogen-bond donors (Lipinski definition) is 0. The van der Waals surface area contributed by atoms with Crippen molar-refractivity contribution in [1.82, 2.24) is 9.78 Å². The lowest BCUT2D eigenvalue weighted by Crippen LogP contribution is -2.19. The van der Waals surface area contributed by atoms with E-state index >= 15 is 0 Å². The number of carbonyl (C=O) groups is 1. The molecule has 3 heterocycles. The lowest BCUT2D eigenvalue weighted by atomic mass is 10.1. The zero-order chi connectivity index (χ0) is 15.6. The Morgan fingerprint density at radius 1 is 1.30 bits per heavy atom. The summed E-state index contributed by atoms with van der Waals surface area (Å²) in [6.07, 6.45) is 6.37. The van der Waals surface area contributed by atoms with Crippen LogP contribution in [0, 0.1) is 0 Å². The zero-order valence-electron chi connectivity index (χ0n) is 12.5. The van der Waals surface area contributed by atoms with Crippen LogP contribution in [0.4, 0.5) is 0 Å². The van der Waals surface area contributed by atoms with Gasteiger partial charge >= 0.3 is 5.97 Å². The van der Waals surface area contributed by atoms with E-state index in [0.717, 1.165) is 36.8 Å². The maximum absolute atomic E-state index is 12.1. The van der Waals surface area contributed by atoms with Crippen LogP contribution < -0.4 is 4.74 Å². The second-order valence-corrected chi connectivity index (χ2v) is 5.51. The molecule has 1 unspecified atom stereocenters. The van der Waals surface area contributed by atoms with Crippen molar-refractivity contribution < 1.29 is 18.7 Å². The Balaban J connectivity index is 1.60. The third-order valence-corrected chi connectivity index (χ3v) is 3.95. The van der Waals surface area contributed by atoms with E-state index in [0.29, 0.717) is 5.56 Å². The topological polar surface area (TPSA) is 66.5 Å². The maximum Gasteiger partial charge on any atom is 0.345 e. The molecule has 1 saturated heterocycles. The van der Waals surface area contributed by atoms with Crippen LogP contribution in [0.5, 0.6) is 5.95 Å². The van der Waals surface area contributed by atoms with Gasteiger partial charge in [0.1, 0.15) is 0 Å². The molecule has 1 aliphatic rings. The standard InChI is InChI=1S/C17H16N2O4/c20-17(23-16-5-3-9-22-16)12-6-7-14-13(10-12)11-18-19(14)15-4-1-2-8-21-15/h3,5-7,9-11,15H,1-2,4,8H2. The Labute approximate surface area is 132 Å². The minimum atomic E-state index is -0.455. The molecule has 6 nitrogen and oxygen atoms in total. The minimum absolute atomic E-state index is 0.0258. The Hall–Kier alpha value is -2.60. The van der Waals surface area contributed by atoms with Crippen LogP contribution in [-0.2, 0) is 4.74 Å². The number of furan rings is 1. The third kappa shape index (κ3) is 2.73. The van der Waals surface area contributed by atoms with Gasteiger partial charge in [0.2, 0.25) is 0 Å². The van der Waals surface area contributed by atoms with Gasteiger partial charge in [-0.05, 0) is 43.5 Å². The maximum atomic E-state index is 12.1. The Morgan fingerprint density at radius 2 is 2.26 bits per heavy atom. The molecular weight excluding hydrogens is 296 g/mol. The highest BCUT2D eigenvalue weighted by Gasteiger charge is 2.19. The van der Waals surface area contributed by atoms with Crippen molar-refractivity contribution >= 4 is 16.9 Å². The highest BCUT2D eigenvalue weighted by Crippen LogP contribution is 2.26. The molecule has 0 amide bonds. The molecule has 3 aromatic rings. The van der Waals surface area contributed by atoms with E-state index < -0.39 is 5.97 Å². The molecule has 0 aliphatic carbocycles. The van der Waals surface area contributed by atoms with Gasteiger partial charge in [-0.2, -0.15) is 5.10 Å². The molecule has 0 radical (unpaired) electrons. The zero-order valence-corrected chi connectivity index (χ0v) is 12.5. The second-order valence-electron chi connectivity index (χ2n) is 5.51. The van der Waals surface area contributed by atoms with E-state index in [1.807, 2.05) is 10.7 Å². The van der Waals surface area contributed by atoms with E-state index in [2.05, 4.69) is 5.10 Å². The smallest absolute Gasteiger partial charge is 0.345 e. The van der Waals surface area contributed by atoms with Gasteiger partial charge in [0.15, 0.2) is 6.23 Å². The van der Waals surface area contributed by atoms with Crippen molar-refractivity contribution in [1.29, 1.82) is 0 Å². The molecular formula is C17H16N2O4. The van der Waals surface area contributed by atoms with Crippen LogP contribution in [-0.4, -0.2) is 22.4 Å². The summed E-state index contributed by atoms with van der Waals surface area (Å²) in [5.74, 6) is -0.273. The molecule has 4 rings (SSSR count). The number of fused-ring (bicyclic) bond motifs is 1. The van der Waals surface area contributed by atoms with Crippen LogP contribution in [0.15, 0.2) is 47.2 Å². The molecule has 1 atom stereocenters. The predicted octanol–water partition coefficient (Wildman–Crippen LogP) is 3.55. The molecule has 1 aliphatic heterocycles. The summed E-state index contributed by atoms with van der Waals surface area (Å²) >= 11 is 0. The third-order valence-electron chi connectivity index (χ3n) is 3.95. The van der Waals surface area contributed by atoms with Crippen LogP contribution in [0.3, 0.4) is 0 Å². The van der Waals surface area contributed by atoms with Gasteiger partial charge in [-0.1, -0.05) is 0 Å². The van der Waals surface area contributed by atoms with E-state index in [4.69, 9.17) is 13.9 Å². The Morgan fingerprint density at radius 3 is 3.04 bits per heavy atom. The first kappa shape index (κ1) is 14.0. The van der Waals surface area contributed by atoms with Crippen LogP contribution in [0.2, 0.25) is 0 Å². The highest BCUT2D eigenvalue weighted by atomic mass is 16.6. The number of rotatable bonds is 3. The summed E-state index contributed by atoms with van der Waals surface area (Å²) in [5, 5.41) is 5.30. The van der Waals surface area contributed by atoms with E-state index in [1.54, 1.807) is 30.5 Å². The summed E-state index contributed by atoms with van der Waals surface area (Å²) in [5.41, 5.74) is 1.41. The molecule has 6 heteroatoms. The average molecular weight is 312 g/mol. The van der Waals surface area contributed by atoms with Crippen LogP contribution >= 0.6 is 0 Å². The minimum Gasteiger partial charge on any atom is -0.434 e. The number of benzene rings is 1. The van der Waals surface area contributed by atoms with Gasteiger partial charge in [-0.25, -0.2) is 9.48 Å². The van der Waals surface area contributed by atoms with E-state index in [-0.39, 0.29) is 12.2 Å². The SMILES string of the molecule is O=C(Oc1ccco1)c1ccc2c(cnn2C2CCCCO2)c1. The first-order valence-corrected chi connectivity index (χ1v) is 7.66. The summed E-state index contributed by atoms with van der Waals surface area (Å²) in [6, 6.07) is 8.63. The number of carbonyl (C=O) groups excluding carboxylic acids is 1. The first-order valence-electron chi connectivity index (χ1n) is 7.66. The fourth-order valence-corrected chi connectivity index (χ4v) is 2.80. The normalized spacial score (nSPS) is 18.2. The molecule has 0 saturated carbocycles. The lowest BCUT2D eigenvalue weighted by Gasteiger charge is -2.23. The van der Waals surface area contributed by atoms with Crippen molar-refractivity contribution in [3.05, 3.63) is 48.4 Å². The van der Waals surface area contributed by atoms with E-state index in [1.165, 1.54) is 6.26 Å². The second kappa shape index (κ2) is 5.89. The van der Waals surface area contributed by atoms with Gasteiger partial charge in [0, 0.05) is 18.1 Å². The lowest BCUT2D eigenvalue weighted by molar-refractivity contribution is -0.0366.